The fourth-order valence-electron chi connectivity index (χ4n) is 2.78. The molecule has 0 aliphatic rings. The van der Waals surface area contributed by atoms with Gasteiger partial charge in [0.25, 0.3) is 11.5 Å². The molecule has 1 aromatic heterocycles. The van der Waals surface area contributed by atoms with Crippen LogP contribution >= 0.6 is 0 Å². The summed E-state index contributed by atoms with van der Waals surface area (Å²) < 4.78 is 67.6. The highest BCUT2D eigenvalue weighted by Crippen LogP contribution is 2.33. The summed E-state index contributed by atoms with van der Waals surface area (Å²) in [7, 11) is 0. The summed E-state index contributed by atoms with van der Waals surface area (Å²) in [5.41, 5.74) is -3.02. The molecule has 0 bridgehead atoms. The van der Waals surface area contributed by atoms with E-state index in [1.54, 1.807) is 0 Å². The lowest BCUT2D eigenvalue weighted by Crippen LogP contribution is -2.31. The first-order valence-corrected chi connectivity index (χ1v) is 8.61. The molecule has 30 heavy (non-hydrogen) atoms. The fourth-order valence-corrected chi connectivity index (χ4v) is 2.78. The van der Waals surface area contributed by atoms with Crippen LogP contribution in [0.4, 0.5) is 22.0 Å². The highest BCUT2D eigenvalue weighted by atomic mass is 19.4. The van der Waals surface area contributed by atoms with E-state index in [4.69, 9.17) is 0 Å². The highest BCUT2D eigenvalue weighted by molar-refractivity contribution is 5.92. The average Bonchev–Trinajstić information content (AvgIpc) is 2.68. The number of rotatable bonds is 4. The van der Waals surface area contributed by atoms with Gasteiger partial charge in [-0.2, -0.15) is 23.0 Å². The molecule has 0 saturated carbocycles. The van der Waals surface area contributed by atoms with Gasteiger partial charge in [0.1, 0.15) is 23.0 Å². The number of hydrogen-bond acceptors (Lipinski definition) is 3. The van der Waals surface area contributed by atoms with Crippen LogP contribution in [0.1, 0.15) is 34.6 Å². The van der Waals surface area contributed by atoms with Crippen LogP contribution in [-0.2, 0) is 6.18 Å². The van der Waals surface area contributed by atoms with Gasteiger partial charge in [0.05, 0.1) is 11.6 Å². The van der Waals surface area contributed by atoms with Gasteiger partial charge in [-0.15, -0.1) is 0 Å². The largest absolute Gasteiger partial charge is 0.419 e. The maximum absolute atomic E-state index is 14.3. The van der Waals surface area contributed by atoms with E-state index in [9.17, 15) is 31.5 Å². The van der Waals surface area contributed by atoms with Crippen LogP contribution in [-0.4, -0.2) is 15.7 Å². The number of nitrogens with zero attached hydrogens (tertiary/aromatic N) is 2. The Balaban J connectivity index is 1.90. The van der Waals surface area contributed by atoms with Crippen LogP contribution < -0.4 is 10.9 Å². The Morgan fingerprint density at radius 1 is 1.03 bits per heavy atom. The Hall–Kier alpha value is -3.56. The maximum Gasteiger partial charge on any atom is 0.419 e. The van der Waals surface area contributed by atoms with Gasteiger partial charge in [0, 0.05) is 11.6 Å². The van der Waals surface area contributed by atoms with Crippen molar-refractivity contribution >= 4 is 5.91 Å². The predicted molar refractivity (Wildman–Crippen MR) is 97.1 cm³/mol. The second-order valence-electron chi connectivity index (χ2n) is 6.32. The lowest BCUT2D eigenvalue weighted by atomic mass is 10.0. The Kier molecular flexibility index (Phi) is 5.68. The molecule has 1 unspecified atom stereocenters. The zero-order valence-electron chi connectivity index (χ0n) is 15.4. The van der Waals surface area contributed by atoms with Gasteiger partial charge in [0.15, 0.2) is 0 Å². The summed E-state index contributed by atoms with van der Waals surface area (Å²) in [4.78, 5) is 24.5. The number of alkyl halides is 3. The molecular weight excluding hydrogens is 409 g/mol. The molecule has 1 heterocycles. The summed E-state index contributed by atoms with van der Waals surface area (Å²) in [6, 6.07) is 8.93. The van der Waals surface area contributed by atoms with Gasteiger partial charge in [-0.25, -0.2) is 8.78 Å². The van der Waals surface area contributed by atoms with Crippen molar-refractivity contribution in [3.63, 3.8) is 0 Å². The van der Waals surface area contributed by atoms with Crippen molar-refractivity contribution in [3.8, 4) is 5.69 Å². The lowest BCUT2D eigenvalue weighted by Gasteiger charge is -2.17. The third-order valence-corrected chi connectivity index (χ3v) is 4.26. The molecule has 0 aliphatic heterocycles. The van der Waals surface area contributed by atoms with E-state index < -0.39 is 40.9 Å². The molecule has 0 aliphatic carbocycles. The number of benzene rings is 2. The number of amides is 1. The fraction of sp³-hybridized carbons (Fsp3) is 0.150. The molecule has 0 saturated heterocycles. The van der Waals surface area contributed by atoms with Gasteiger partial charge >= 0.3 is 6.18 Å². The molecule has 1 amide bonds. The first-order chi connectivity index (χ1) is 14.1. The first-order valence-electron chi connectivity index (χ1n) is 8.61. The van der Waals surface area contributed by atoms with E-state index in [0.29, 0.717) is 10.7 Å². The van der Waals surface area contributed by atoms with Gasteiger partial charge in [-0.1, -0.05) is 24.3 Å². The van der Waals surface area contributed by atoms with Crippen LogP contribution in [0.3, 0.4) is 0 Å². The maximum atomic E-state index is 14.3. The number of hydrogen-bond donors (Lipinski definition) is 1. The van der Waals surface area contributed by atoms with Crippen LogP contribution in [0.25, 0.3) is 5.69 Å². The van der Waals surface area contributed by atoms with Crippen molar-refractivity contribution < 1.29 is 26.7 Å². The summed E-state index contributed by atoms with van der Waals surface area (Å²) in [6.07, 6.45) is -4.89. The van der Waals surface area contributed by atoms with Crippen molar-refractivity contribution in [1.82, 2.24) is 15.1 Å². The van der Waals surface area contributed by atoms with Crippen LogP contribution in [0.15, 0.2) is 59.4 Å². The molecule has 1 N–H and O–H groups in total. The Bertz CT molecular complexity index is 1160. The monoisotopic (exact) mass is 423 g/mol. The molecule has 2 aromatic carbocycles. The number of carbonyl (C=O) groups excluding carboxylic acids is 1. The van der Waals surface area contributed by atoms with E-state index in [2.05, 4.69) is 10.4 Å². The smallest absolute Gasteiger partial charge is 0.344 e. The summed E-state index contributed by atoms with van der Waals surface area (Å²) in [5.74, 6) is -3.13. The van der Waals surface area contributed by atoms with Gasteiger partial charge < -0.3 is 5.32 Å². The third kappa shape index (κ3) is 4.22. The number of para-hydroxylation sites is 1. The van der Waals surface area contributed by atoms with Gasteiger partial charge in [-0.05, 0) is 31.2 Å². The Labute approximate surface area is 166 Å². The first kappa shape index (κ1) is 21.2. The summed E-state index contributed by atoms with van der Waals surface area (Å²) in [5, 5.41) is 6.13. The molecule has 3 aromatic rings. The number of nitrogens with one attached hydrogen (secondary N) is 1. The minimum atomic E-state index is -4.89. The summed E-state index contributed by atoms with van der Waals surface area (Å²) in [6.45, 7) is 1.29. The van der Waals surface area contributed by atoms with Crippen molar-refractivity contribution in [1.29, 1.82) is 0 Å². The van der Waals surface area contributed by atoms with Crippen LogP contribution in [0, 0.1) is 11.6 Å². The molecule has 156 valence electrons. The van der Waals surface area contributed by atoms with Crippen LogP contribution in [0.2, 0.25) is 0 Å². The molecule has 0 spiro atoms. The topological polar surface area (TPSA) is 64.0 Å². The molecular formula is C20H14F5N3O2. The zero-order valence-corrected chi connectivity index (χ0v) is 15.4. The molecule has 5 nitrogen and oxygen atoms in total. The molecule has 1 atom stereocenters. The highest BCUT2D eigenvalue weighted by Gasteiger charge is 2.35. The SMILES string of the molecule is CC(NC(=O)c1ccc(=O)n(-c2ccccc2F)n1)c1cccc(C(F)(F)F)c1F. The number of halogens is 5. The number of carbonyl (C=O) groups is 1. The van der Waals surface area contributed by atoms with E-state index in [-0.39, 0.29) is 16.9 Å². The Morgan fingerprint density at radius 3 is 2.40 bits per heavy atom. The minimum Gasteiger partial charge on any atom is -0.344 e. The van der Waals surface area contributed by atoms with Crippen molar-refractivity contribution in [3.05, 3.63) is 93.4 Å². The van der Waals surface area contributed by atoms with Crippen LogP contribution in [0.5, 0.6) is 0 Å². The zero-order chi connectivity index (χ0) is 22.1. The second-order valence-corrected chi connectivity index (χ2v) is 6.32. The van der Waals surface area contributed by atoms with E-state index >= 15 is 0 Å². The third-order valence-electron chi connectivity index (χ3n) is 4.26. The van der Waals surface area contributed by atoms with Crippen molar-refractivity contribution in [2.75, 3.05) is 0 Å². The van der Waals surface area contributed by atoms with Gasteiger partial charge in [-0.3, -0.25) is 9.59 Å². The molecule has 0 fully saturated rings. The quantitative estimate of drug-likeness (QED) is 0.645. The predicted octanol–water partition coefficient (Wildman–Crippen LogP) is 4.02. The van der Waals surface area contributed by atoms with E-state index in [1.165, 1.54) is 25.1 Å². The average molecular weight is 423 g/mol. The molecule has 0 radical (unpaired) electrons. The Morgan fingerprint density at radius 2 is 1.73 bits per heavy atom. The summed E-state index contributed by atoms with van der Waals surface area (Å²) >= 11 is 0. The lowest BCUT2D eigenvalue weighted by molar-refractivity contribution is -0.140. The van der Waals surface area contributed by atoms with E-state index in [1.807, 2.05) is 0 Å². The van der Waals surface area contributed by atoms with E-state index in [0.717, 1.165) is 30.3 Å². The number of aromatic nitrogens is 2. The normalized spacial score (nSPS) is 12.5. The van der Waals surface area contributed by atoms with Crippen molar-refractivity contribution in [2.45, 2.75) is 19.1 Å². The van der Waals surface area contributed by atoms with Crippen molar-refractivity contribution in [2.24, 2.45) is 0 Å². The van der Waals surface area contributed by atoms with Gasteiger partial charge in [0.2, 0.25) is 0 Å². The standard InChI is InChI=1S/C20H14F5N3O2/c1-11(12-5-4-6-13(18(12)22)20(23,24)25)26-19(30)15-9-10-17(29)28(27-15)16-8-3-2-7-14(16)21/h2-11H,1H3,(H,26,30). The second kappa shape index (κ2) is 8.05. The molecule has 3 rings (SSSR count). The minimum absolute atomic E-state index is 0.186. The molecule has 10 heteroatoms.